The normalized spacial score (nSPS) is 22.5. The minimum Gasteiger partial charge on any atom is -0.444 e. The number of nitrogens with one attached hydrogen (secondary N) is 1. The lowest BCUT2D eigenvalue weighted by Gasteiger charge is -2.26. The van der Waals surface area contributed by atoms with E-state index in [2.05, 4.69) is 5.32 Å². The van der Waals surface area contributed by atoms with Crippen LogP contribution in [0.25, 0.3) is 0 Å². The van der Waals surface area contributed by atoms with Crippen LogP contribution in [0.5, 0.6) is 0 Å². The first-order chi connectivity index (χ1) is 10.9. The largest absolute Gasteiger partial charge is 0.444 e. The van der Waals surface area contributed by atoms with E-state index in [0.717, 1.165) is 6.42 Å². The summed E-state index contributed by atoms with van der Waals surface area (Å²) >= 11 is 0. The molecule has 24 heavy (non-hydrogen) atoms. The van der Waals surface area contributed by atoms with Gasteiger partial charge in [0.1, 0.15) is 11.2 Å². The Bertz CT molecular complexity index is 440. The number of amides is 2. The molecule has 1 aliphatic heterocycles. The molecule has 1 heterocycles. The van der Waals surface area contributed by atoms with E-state index in [-0.39, 0.29) is 18.1 Å². The van der Waals surface area contributed by atoms with Crippen LogP contribution in [0.3, 0.4) is 0 Å². The van der Waals surface area contributed by atoms with E-state index < -0.39 is 17.3 Å². The molecule has 0 aliphatic carbocycles. The summed E-state index contributed by atoms with van der Waals surface area (Å²) in [5.41, 5.74) is 5.18. The molecule has 0 radical (unpaired) electrons. The molecule has 0 spiro atoms. The van der Waals surface area contributed by atoms with Gasteiger partial charge in [-0.3, -0.25) is 0 Å². The van der Waals surface area contributed by atoms with Crippen LogP contribution < -0.4 is 11.1 Å². The molecule has 0 aromatic carbocycles. The number of ether oxygens (including phenoxy) is 2. The van der Waals surface area contributed by atoms with Gasteiger partial charge in [-0.1, -0.05) is 0 Å². The number of nitrogens with two attached hydrogens (primary N) is 1. The van der Waals surface area contributed by atoms with Gasteiger partial charge in [0.2, 0.25) is 0 Å². The van der Waals surface area contributed by atoms with E-state index in [9.17, 15) is 9.59 Å². The molecule has 1 aliphatic rings. The zero-order valence-electron chi connectivity index (χ0n) is 15.8. The summed E-state index contributed by atoms with van der Waals surface area (Å²) in [5.74, 6) is 0.102. The molecule has 0 unspecified atom stereocenters. The minimum absolute atomic E-state index is 0.0765. The zero-order chi connectivity index (χ0) is 18.5. The molecule has 2 amide bonds. The highest BCUT2D eigenvalue weighted by molar-refractivity contribution is 5.68. The molecule has 3 N–H and O–H groups in total. The van der Waals surface area contributed by atoms with Crippen molar-refractivity contribution in [3.63, 3.8) is 0 Å². The third-order valence-corrected chi connectivity index (χ3v) is 3.67. The predicted octanol–water partition coefficient (Wildman–Crippen LogP) is 2.49. The first-order valence-corrected chi connectivity index (χ1v) is 8.58. The predicted molar refractivity (Wildman–Crippen MR) is 92.7 cm³/mol. The van der Waals surface area contributed by atoms with Crippen molar-refractivity contribution in [1.29, 1.82) is 0 Å². The summed E-state index contributed by atoms with van der Waals surface area (Å²) in [5, 5.41) is 2.77. The van der Waals surface area contributed by atoms with Gasteiger partial charge in [-0.05, 0) is 60.3 Å². The molecule has 2 atom stereocenters. The summed E-state index contributed by atoms with van der Waals surface area (Å²) in [7, 11) is 0. The van der Waals surface area contributed by atoms with E-state index >= 15 is 0 Å². The molecule has 0 aromatic rings. The van der Waals surface area contributed by atoms with E-state index in [1.807, 2.05) is 41.5 Å². The van der Waals surface area contributed by atoms with E-state index in [1.54, 1.807) is 4.90 Å². The van der Waals surface area contributed by atoms with Gasteiger partial charge in [0.05, 0.1) is 0 Å². The fraction of sp³-hybridized carbons (Fsp3) is 0.882. The lowest BCUT2D eigenvalue weighted by Crippen LogP contribution is -2.41. The number of alkyl carbamates (subject to hydrolysis) is 1. The van der Waals surface area contributed by atoms with Gasteiger partial charge in [-0.25, -0.2) is 9.59 Å². The Balaban J connectivity index is 2.50. The lowest BCUT2D eigenvalue weighted by atomic mass is 9.96. The Morgan fingerprint density at radius 3 is 2.12 bits per heavy atom. The number of hydrogen-bond acceptors (Lipinski definition) is 5. The van der Waals surface area contributed by atoms with Gasteiger partial charge in [-0.15, -0.1) is 0 Å². The topological polar surface area (TPSA) is 93.9 Å². The molecule has 0 aromatic heterocycles. The Morgan fingerprint density at radius 1 is 1.04 bits per heavy atom. The van der Waals surface area contributed by atoms with Crippen molar-refractivity contribution in [1.82, 2.24) is 10.2 Å². The lowest BCUT2D eigenvalue weighted by molar-refractivity contribution is 0.0253. The summed E-state index contributed by atoms with van der Waals surface area (Å²) in [6.07, 6.45) is 0.647. The third-order valence-electron chi connectivity index (χ3n) is 3.67. The smallest absolute Gasteiger partial charge is 0.410 e. The van der Waals surface area contributed by atoms with Crippen molar-refractivity contribution < 1.29 is 19.1 Å². The molecule has 0 bridgehead atoms. The first kappa shape index (κ1) is 20.5. The average Bonchev–Trinajstić information content (AvgIpc) is 2.54. The Kier molecular flexibility index (Phi) is 6.89. The number of carbonyl (C=O) groups is 2. The second-order valence-electron chi connectivity index (χ2n) is 8.35. The van der Waals surface area contributed by atoms with Gasteiger partial charge >= 0.3 is 12.2 Å². The van der Waals surface area contributed by atoms with Crippen LogP contribution in [0.2, 0.25) is 0 Å². The van der Waals surface area contributed by atoms with Crippen molar-refractivity contribution in [3.8, 4) is 0 Å². The molecular weight excluding hydrogens is 310 g/mol. The van der Waals surface area contributed by atoms with Gasteiger partial charge in [-0.2, -0.15) is 0 Å². The first-order valence-electron chi connectivity index (χ1n) is 8.58. The Hall–Kier alpha value is -1.50. The van der Waals surface area contributed by atoms with Crippen LogP contribution in [0.15, 0.2) is 0 Å². The fourth-order valence-corrected chi connectivity index (χ4v) is 2.48. The number of rotatable bonds is 2. The highest BCUT2D eigenvalue weighted by Gasteiger charge is 2.29. The zero-order valence-corrected chi connectivity index (χ0v) is 15.8. The van der Waals surface area contributed by atoms with Gasteiger partial charge in [0, 0.05) is 25.7 Å². The average molecular weight is 343 g/mol. The van der Waals surface area contributed by atoms with E-state index in [4.69, 9.17) is 15.2 Å². The van der Waals surface area contributed by atoms with Crippen molar-refractivity contribution in [2.75, 3.05) is 19.6 Å². The van der Waals surface area contributed by atoms with E-state index in [1.165, 1.54) is 0 Å². The maximum Gasteiger partial charge on any atom is 0.410 e. The highest BCUT2D eigenvalue weighted by Crippen LogP contribution is 2.19. The molecule has 7 nitrogen and oxygen atoms in total. The van der Waals surface area contributed by atoms with Gasteiger partial charge < -0.3 is 25.4 Å². The van der Waals surface area contributed by atoms with Crippen LogP contribution in [0.4, 0.5) is 9.59 Å². The molecule has 0 saturated carbocycles. The fourth-order valence-electron chi connectivity index (χ4n) is 2.48. The molecular formula is C17H33N3O4. The van der Waals surface area contributed by atoms with Gasteiger partial charge in [0.25, 0.3) is 0 Å². The highest BCUT2D eigenvalue weighted by atomic mass is 16.6. The molecule has 7 heteroatoms. The summed E-state index contributed by atoms with van der Waals surface area (Å²) in [6.45, 7) is 12.6. The standard InChI is InChI=1S/C17H33N3O4/c1-16(2,3)23-14(21)19-11-12-7-9-20(10-8-13(12)18)15(22)24-17(4,5)6/h12-13H,7-11,18H2,1-6H3,(H,19,21)/t12-,13+/m0/s1. The number of likely N-dealkylation sites (tertiary alicyclic amines) is 1. The maximum atomic E-state index is 12.2. The van der Waals surface area contributed by atoms with Crippen molar-refractivity contribution in [2.45, 2.75) is 71.6 Å². The molecule has 140 valence electrons. The molecule has 1 rings (SSSR count). The monoisotopic (exact) mass is 343 g/mol. The Morgan fingerprint density at radius 2 is 1.58 bits per heavy atom. The van der Waals surface area contributed by atoms with Crippen molar-refractivity contribution >= 4 is 12.2 Å². The number of carbonyl (C=O) groups excluding carboxylic acids is 2. The summed E-state index contributed by atoms with van der Waals surface area (Å²) < 4.78 is 10.6. The Labute approximate surface area is 145 Å². The number of nitrogens with zero attached hydrogens (tertiary/aromatic N) is 1. The number of hydrogen-bond donors (Lipinski definition) is 2. The second-order valence-corrected chi connectivity index (χ2v) is 8.35. The minimum atomic E-state index is -0.525. The molecule has 1 fully saturated rings. The quantitative estimate of drug-likeness (QED) is 0.803. The van der Waals surface area contributed by atoms with E-state index in [0.29, 0.717) is 26.1 Å². The van der Waals surface area contributed by atoms with Crippen LogP contribution in [-0.4, -0.2) is 54.0 Å². The SMILES string of the molecule is CC(C)(C)OC(=O)NC[C@@H]1CCN(C(=O)OC(C)(C)C)CC[C@H]1N. The van der Waals surface area contributed by atoms with Crippen molar-refractivity contribution in [3.05, 3.63) is 0 Å². The summed E-state index contributed by atoms with van der Waals surface area (Å²) in [4.78, 5) is 25.6. The summed E-state index contributed by atoms with van der Waals surface area (Å²) in [6, 6.07) is -0.0765. The van der Waals surface area contributed by atoms with Crippen LogP contribution in [-0.2, 0) is 9.47 Å². The van der Waals surface area contributed by atoms with Gasteiger partial charge in [0.15, 0.2) is 0 Å². The van der Waals surface area contributed by atoms with Crippen molar-refractivity contribution in [2.24, 2.45) is 11.7 Å². The van der Waals surface area contributed by atoms with Crippen LogP contribution in [0.1, 0.15) is 54.4 Å². The van der Waals surface area contributed by atoms with Crippen LogP contribution in [0, 0.1) is 5.92 Å². The second kappa shape index (κ2) is 8.05. The third kappa shape index (κ3) is 7.86. The van der Waals surface area contributed by atoms with Crippen LogP contribution >= 0.6 is 0 Å². The maximum absolute atomic E-state index is 12.2. The molecule has 1 saturated heterocycles.